The minimum atomic E-state index is -0.377. The summed E-state index contributed by atoms with van der Waals surface area (Å²) in [5.74, 6) is -0.00773. The summed E-state index contributed by atoms with van der Waals surface area (Å²) in [6.07, 6.45) is 2.99. The third-order valence-corrected chi connectivity index (χ3v) is 5.69. The van der Waals surface area contributed by atoms with Crippen LogP contribution in [0.5, 0.6) is 0 Å². The highest BCUT2D eigenvalue weighted by molar-refractivity contribution is 5.94. The Morgan fingerprint density at radius 1 is 1.20 bits per heavy atom. The van der Waals surface area contributed by atoms with E-state index in [1.54, 1.807) is 42.3 Å². The second-order valence-electron chi connectivity index (χ2n) is 7.71. The molecule has 1 fully saturated rings. The highest BCUT2D eigenvalue weighted by atomic mass is 19.1. The van der Waals surface area contributed by atoms with Gasteiger partial charge in [-0.2, -0.15) is 0 Å². The molecule has 0 spiro atoms. The van der Waals surface area contributed by atoms with E-state index in [0.717, 1.165) is 19.3 Å². The number of hydrogen-bond acceptors (Lipinski definition) is 4. The number of hydrogen-bond donors (Lipinski definition) is 1. The van der Waals surface area contributed by atoms with Gasteiger partial charge in [0.15, 0.2) is 5.58 Å². The zero-order chi connectivity index (χ0) is 21.3. The van der Waals surface area contributed by atoms with Crippen molar-refractivity contribution in [2.45, 2.75) is 44.7 Å². The third-order valence-electron chi connectivity index (χ3n) is 5.69. The number of nitrogens with one attached hydrogen (secondary N) is 1. The average Bonchev–Trinajstić information content (AvgIpc) is 3.39. The van der Waals surface area contributed by atoms with Crippen molar-refractivity contribution in [3.8, 4) is 11.5 Å². The maximum absolute atomic E-state index is 13.3. The van der Waals surface area contributed by atoms with Crippen LogP contribution in [-0.4, -0.2) is 40.8 Å². The van der Waals surface area contributed by atoms with Gasteiger partial charge in [-0.1, -0.05) is 6.92 Å². The molecule has 2 aromatic carbocycles. The van der Waals surface area contributed by atoms with Crippen LogP contribution in [0.2, 0.25) is 0 Å². The molecular weight excluding hydrogens is 385 g/mol. The summed E-state index contributed by atoms with van der Waals surface area (Å²) in [4.78, 5) is 30.6. The molecule has 0 radical (unpaired) electrons. The summed E-state index contributed by atoms with van der Waals surface area (Å²) >= 11 is 0. The summed E-state index contributed by atoms with van der Waals surface area (Å²) < 4.78 is 19.0. The topological polar surface area (TPSA) is 75.4 Å². The van der Waals surface area contributed by atoms with Gasteiger partial charge >= 0.3 is 0 Å². The molecule has 4 rings (SSSR count). The molecule has 1 aliphatic rings. The molecule has 156 valence electrons. The largest absolute Gasteiger partial charge is 0.436 e. The van der Waals surface area contributed by atoms with Gasteiger partial charge in [0.1, 0.15) is 11.3 Å². The number of halogens is 1. The lowest BCUT2D eigenvalue weighted by Crippen LogP contribution is -2.38. The molecule has 2 atom stereocenters. The Morgan fingerprint density at radius 3 is 2.70 bits per heavy atom. The van der Waals surface area contributed by atoms with Gasteiger partial charge in [0.2, 0.25) is 11.8 Å². The lowest BCUT2D eigenvalue weighted by Gasteiger charge is -2.25. The van der Waals surface area contributed by atoms with E-state index in [4.69, 9.17) is 4.42 Å². The highest BCUT2D eigenvalue weighted by Crippen LogP contribution is 2.27. The molecule has 0 saturated heterocycles. The molecule has 0 bridgehead atoms. The van der Waals surface area contributed by atoms with Gasteiger partial charge in [0, 0.05) is 42.7 Å². The maximum atomic E-state index is 13.3. The van der Waals surface area contributed by atoms with Crippen LogP contribution in [0.4, 0.5) is 4.39 Å². The molecule has 1 aromatic heterocycles. The quantitative estimate of drug-likeness (QED) is 0.687. The maximum Gasteiger partial charge on any atom is 0.253 e. The van der Waals surface area contributed by atoms with E-state index in [2.05, 4.69) is 10.3 Å². The number of aromatic nitrogens is 1. The number of amides is 2. The first-order chi connectivity index (χ1) is 14.4. The minimum Gasteiger partial charge on any atom is -0.436 e. The van der Waals surface area contributed by atoms with Crippen LogP contribution in [0.3, 0.4) is 0 Å². The van der Waals surface area contributed by atoms with Gasteiger partial charge in [-0.15, -0.1) is 0 Å². The van der Waals surface area contributed by atoms with Gasteiger partial charge in [-0.25, -0.2) is 9.37 Å². The van der Waals surface area contributed by atoms with Crippen molar-refractivity contribution in [3.05, 3.63) is 53.8 Å². The van der Waals surface area contributed by atoms with Crippen LogP contribution in [0.15, 0.2) is 46.9 Å². The predicted octanol–water partition coefficient (Wildman–Crippen LogP) is 4.15. The van der Waals surface area contributed by atoms with E-state index in [9.17, 15) is 14.0 Å². The first kappa shape index (κ1) is 20.1. The molecule has 3 aromatic rings. The summed E-state index contributed by atoms with van der Waals surface area (Å²) in [5.41, 5.74) is 2.26. The molecule has 6 nitrogen and oxygen atoms in total. The lowest BCUT2D eigenvalue weighted by molar-refractivity contribution is -0.121. The molecule has 1 saturated carbocycles. The van der Waals surface area contributed by atoms with Gasteiger partial charge in [-0.05, 0) is 55.7 Å². The molecule has 2 unspecified atom stereocenters. The van der Waals surface area contributed by atoms with Crippen molar-refractivity contribution in [1.29, 1.82) is 0 Å². The molecule has 1 aliphatic carbocycles. The smallest absolute Gasteiger partial charge is 0.253 e. The van der Waals surface area contributed by atoms with Gasteiger partial charge in [0.05, 0.1) is 0 Å². The first-order valence-electron chi connectivity index (χ1n) is 10.2. The molecule has 30 heavy (non-hydrogen) atoms. The van der Waals surface area contributed by atoms with Crippen molar-refractivity contribution in [2.24, 2.45) is 0 Å². The lowest BCUT2D eigenvalue weighted by atomic mass is 10.1. The van der Waals surface area contributed by atoms with Crippen molar-refractivity contribution in [2.75, 3.05) is 7.05 Å². The van der Waals surface area contributed by atoms with Gasteiger partial charge in [0.25, 0.3) is 5.91 Å². The first-order valence-corrected chi connectivity index (χ1v) is 10.2. The SMILES string of the molecule is CCC(=O)NC1CCC(N(C)C(=O)c2ccc(-c3nc4ccc(F)cc4o3)cc2)C1. The Hall–Kier alpha value is -3.22. The second-order valence-corrected chi connectivity index (χ2v) is 7.71. The molecule has 1 N–H and O–H groups in total. The molecular formula is C23H24FN3O3. The van der Waals surface area contributed by atoms with Crippen molar-refractivity contribution in [1.82, 2.24) is 15.2 Å². The molecule has 1 heterocycles. The van der Waals surface area contributed by atoms with Crippen LogP contribution < -0.4 is 5.32 Å². The molecule has 0 aliphatic heterocycles. The average molecular weight is 409 g/mol. The Kier molecular flexibility index (Phi) is 5.53. The summed E-state index contributed by atoms with van der Waals surface area (Å²) in [6, 6.07) is 11.5. The van der Waals surface area contributed by atoms with Gasteiger partial charge in [-0.3, -0.25) is 9.59 Å². The fourth-order valence-corrected chi connectivity index (χ4v) is 3.92. The van der Waals surface area contributed by atoms with Crippen LogP contribution in [0, 0.1) is 5.82 Å². The van der Waals surface area contributed by atoms with Crippen LogP contribution >= 0.6 is 0 Å². The van der Waals surface area contributed by atoms with E-state index < -0.39 is 0 Å². The summed E-state index contributed by atoms with van der Waals surface area (Å²) in [5, 5.41) is 3.01. The Balaban J connectivity index is 1.44. The molecule has 7 heteroatoms. The van der Waals surface area contributed by atoms with Gasteiger partial charge < -0.3 is 14.6 Å². The number of benzene rings is 2. The van der Waals surface area contributed by atoms with E-state index in [-0.39, 0.29) is 29.7 Å². The minimum absolute atomic E-state index is 0.0483. The van der Waals surface area contributed by atoms with E-state index >= 15 is 0 Å². The third kappa shape index (κ3) is 4.06. The normalized spacial score (nSPS) is 18.5. The van der Waals surface area contributed by atoms with Crippen LogP contribution in [0.1, 0.15) is 43.0 Å². The van der Waals surface area contributed by atoms with Crippen molar-refractivity contribution >= 4 is 22.9 Å². The Labute approximate surface area is 174 Å². The second kappa shape index (κ2) is 8.26. The highest BCUT2D eigenvalue weighted by Gasteiger charge is 2.30. The van der Waals surface area contributed by atoms with Crippen LogP contribution in [-0.2, 0) is 4.79 Å². The zero-order valence-electron chi connectivity index (χ0n) is 17.0. The Morgan fingerprint density at radius 2 is 1.97 bits per heavy atom. The zero-order valence-corrected chi connectivity index (χ0v) is 17.0. The van der Waals surface area contributed by atoms with Crippen molar-refractivity contribution in [3.63, 3.8) is 0 Å². The number of nitrogens with zero attached hydrogens (tertiary/aromatic N) is 2. The number of oxazole rings is 1. The molecule has 2 amide bonds. The number of carbonyl (C=O) groups is 2. The monoisotopic (exact) mass is 409 g/mol. The van der Waals surface area contributed by atoms with Crippen LogP contribution in [0.25, 0.3) is 22.6 Å². The summed E-state index contributed by atoms with van der Waals surface area (Å²) in [6.45, 7) is 1.83. The standard InChI is InChI=1S/C23H24FN3O3/c1-3-21(28)25-17-9-10-18(13-17)27(2)23(29)15-6-4-14(5-7-15)22-26-19-11-8-16(24)12-20(19)30-22/h4-8,11-12,17-18H,3,9-10,13H2,1-2H3,(H,25,28). The van der Waals surface area contributed by atoms with E-state index in [1.165, 1.54) is 12.1 Å². The number of rotatable bonds is 5. The fraction of sp³-hybridized carbons (Fsp3) is 0.348. The van der Waals surface area contributed by atoms with E-state index in [1.807, 2.05) is 6.92 Å². The predicted molar refractivity (Wildman–Crippen MR) is 111 cm³/mol. The Bertz CT molecular complexity index is 1080. The number of fused-ring (bicyclic) bond motifs is 1. The summed E-state index contributed by atoms with van der Waals surface area (Å²) in [7, 11) is 1.81. The number of carbonyl (C=O) groups excluding carboxylic acids is 2. The van der Waals surface area contributed by atoms with E-state index in [0.29, 0.717) is 34.5 Å². The van der Waals surface area contributed by atoms with Crippen molar-refractivity contribution < 1.29 is 18.4 Å². The fourth-order valence-electron chi connectivity index (χ4n) is 3.92.